The molecule has 3 heterocycles. The fourth-order valence-corrected chi connectivity index (χ4v) is 3.58. The lowest BCUT2D eigenvalue weighted by Gasteiger charge is -2.28. The summed E-state index contributed by atoms with van der Waals surface area (Å²) in [5.41, 5.74) is 0.575. The highest BCUT2D eigenvalue weighted by atomic mass is 19.4. The number of carbonyl (C=O) groups is 1. The summed E-state index contributed by atoms with van der Waals surface area (Å²) in [7, 11) is 0. The average Bonchev–Trinajstić information content (AvgIpc) is 2.84. The van der Waals surface area contributed by atoms with Crippen molar-refractivity contribution in [1.29, 1.82) is 0 Å². The van der Waals surface area contributed by atoms with Gasteiger partial charge in [-0.1, -0.05) is 17.9 Å². The SMILES string of the molecule is O=C(Nc1cc(C#Cc2cccnc2)ccn1)c1ccc(CN2CCNCC2)c(C(F)(F)F)c1. The third kappa shape index (κ3) is 6.19. The van der Waals surface area contributed by atoms with Gasteiger partial charge in [0, 0.05) is 68.0 Å². The largest absolute Gasteiger partial charge is 0.416 e. The molecule has 1 saturated heterocycles. The number of alkyl halides is 3. The Morgan fingerprint density at radius 3 is 2.59 bits per heavy atom. The molecule has 2 N–H and O–H groups in total. The highest BCUT2D eigenvalue weighted by molar-refractivity contribution is 6.04. The van der Waals surface area contributed by atoms with Crippen LogP contribution in [0.1, 0.15) is 32.6 Å². The van der Waals surface area contributed by atoms with Gasteiger partial charge in [0.2, 0.25) is 0 Å². The molecule has 34 heavy (non-hydrogen) atoms. The second kappa shape index (κ2) is 10.5. The summed E-state index contributed by atoms with van der Waals surface area (Å²) in [5.74, 6) is 5.42. The normalized spacial score (nSPS) is 14.2. The maximum Gasteiger partial charge on any atom is 0.416 e. The molecule has 0 aliphatic carbocycles. The van der Waals surface area contributed by atoms with E-state index in [9.17, 15) is 18.0 Å². The second-order valence-corrected chi connectivity index (χ2v) is 7.77. The Morgan fingerprint density at radius 2 is 1.85 bits per heavy atom. The maximum atomic E-state index is 13.8. The molecule has 0 saturated carbocycles. The number of hydrogen-bond donors (Lipinski definition) is 2. The number of hydrogen-bond acceptors (Lipinski definition) is 5. The molecule has 1 amide bonds. The summed E-state index contributed by atoms with van der Waals surface area (Å²) >= 11 is 0. The minimum Gasteiger partial charge on any atom is -0.314 e. The number of rotatable bonds is 4. The molecule has 1 fully saturated rings. The van der Waals surface area contributed by atoms with Crippen molar-refractivity contribution < 1.29 is 18.0 Å². The molecule has 2 aromatic heterocycles. The van der Waals surface area contributed by atoms with Gasteiger partial charge in [-0.25, -0.2) is 4.98 Å². The molecule has 1 aromatic carbocycles. The van der Waals surface area contributed by atoms with E-state index >= 15 is 0 Å². The van der Waals surface area contributed by atoms with Crippen molar-refractivity contribution in [3.63, 3.8) is 0 Å². The van der Waals surface area contributed by atoms with Gasteiger partial charge in [0.05, 0.1) is 5.56 Å². The zero-order valence-electron chi connectivity index (χ0n) is 18.2. The molecule has 4 rings (SSSR count). The van der Waals surface area contributed by atoms with Crippen molar-refractivity contribution in [2.45, 2.75) is 12.7 Å². The predicted octanol–water partition coefficient (Wildman–Crippen LogP) is 3.55. The summed E-state index contributed by atoms with van der Waals surface area (Å²) in [5, 5.41) is 5.74. The van der Waals surface area contributed by atoms with E-state index in [1.807, 2.05) is 11.0 Å². The third-order valence-corrected chi connectivity index (χ3v) is 5.30. The Labute approximate surface area is 195 Å². The molecular formula is C25H22F3N5O. The molecule has 1 aliphatic rings. The lowest BCUT2D eigenvalue weighted by Crippen LogP contribution is -2.43. The molecule has 3 aromatic rings. The Morgan fingerprint density at radius 1 is 1.06 bits per heavy atom. The average molecular weight is 465 g/mol. The van der Waals surface area contributed by atoms with Crippen LogP contribution >= 0.6 is 0 Å². The number of amides is 1. The van der Waals surface area contributed by atoms with Crippen LogP contribution in [-0.4, -0.2) is 47.0 Å². The molecule has 0 spiro atoms. The van der Waals surface area contributed by atoms with Crippen molar-refractivity contribution >= 4 is 11.7 Å². The van der Waals surface area contributed by atoms with Gasteiger partial charge in [-0.15, -0.1) is 0 Å². The highest BCUT2D eigenvalue weighted by Crippen LogP contribution is 2.33. The van der Waals surface area contributed by atoms with Crippen molar-refractivity contribution in [1.82, 2.24) is 20.2 Å². The van der Waals surface area contributed by atoms with Crippen molar-refractivity contribution in [3.05, 3.63) is 88.9 Å². The van der Waals surface area contributed by atoms with Crippen LogP contribution < -0.4 is 10.6 Å². The van der Waals surface area contributed by atoms with E-state index in [1.54, 1.807) is 30.6 Å². The molecule has 1 aliphatic heterocycles. The number of nitrogens with zero attached hydrogens (tertiary/aromatic N) is 3. The monoisotopic (exact) mass is 465 g/mol. The van der Waals surface area contributed by atoms with Gasteiger partial charge in [0.25, 0.3) is 5.91 Å². The van der Waals surface area contributed by atoms with Crippen LogP contribution in [0.25, 0.3) is 0 Å². The van der Waals surface area contributed by atoms with Crippen LogP contribution in [0.15, 0.2) is 61.1 Å². The number of nitrogens with one attached hydrogen (secondary N) is 2. The Kier molecular flexibility index (Phi) is 7.21. The fraction of sp³-hybridized carbons (Fsp3) is 0.240. The molecule has 174 valence electrons. The minimum absolute atomic E-state index is 0.0926. The second-order valence-electron chi connectivity index (χ2n) is 7.77. The van der Waals surface area contributed by atoms with Crippen molar-refractivity contribution in [2.75, 3.05) is 31.5 Å². The smallest absolute Gasteiger partial charge is 0.314 e. The van der Waals surface area contributed by atoms with Crippen LogP contribution in [0.2, 0.25) is 0 Å². The van der Waals surface area contributed by atoms with E-state index in [0.29, 0.717) is 18.7 Å². The van der Waals surface area contributed by atoms with E-state index in [2.05, 4.69) is 32.4 Å². The number of pyridine rings is 2. The molecule has 6 nitrogen and oxygen atoms in total. The van der Waals surface area contributed by atoms with Gasteiger partial charge >= 0.3 is 6.18 Å². The topological polar surface area (TPSA) is 70.2 Å². The van der Waals surface area contributed by atoms with E-state index in [-0.39, 0.29) is 23.5 Å². The van der Waals surface area contributed by atoms with Crippen LogP contribution in [0, 0.1) is 11.8 Å². The first-order valence-corrected chi connectivity index (χ1v) is 10.7. The summed E-state index contributed by atoms with van der Waals surface area (Å²) in [6, 6.07) is 10.5. The zero-order valence-corrected chi connectivity index (χ0v) is 18.2. The van der Waals surface area contributed by atoms with E-state index in [0.717, 1.165) is 24.7 Å². The van der Waals surface area contributed by atoms with Gasteiger partial charge in [-0.3, -0.25) is 14.7 Å². The standard InChI is InChI=1S/C25H22F3N5O/c26-25(27,28)22-15-20(5-6-21(22)17-33-12-10-29-11-13-33)24(34)32-23-14-18(7-9-31-23)3-4-19-2-1-8-30-16-19/h1-2,5-9,14-16,29H,10-13,17H2,(H,31,32,34). The quantitative estimate of drug-likeness (QED) is 0.577. The van der Waals surface area contributed by atoms with Crippen LogP contribution in [-0.2, 0) is 12.7 Å². The summed E-state index contributed by atoms with van der Waals surface area (Å²) in [6.07, 6.45) is 0.175. The van der Waals surface area contributed by atoms with Gasteiger partial charge in [-0.2, -0.15) is 13.2 Å². The van der Waals surface area contributed by atoms with Crippen molar-refractivity contribution in [3.8, 4) is 11.8 Å². The molecule has 0 bridgehead atoms. The molecule has 0 unspecified atom stereocenters. The molecular weight excluding hydrogens is 443 g/mol. The lowest BCUT2D eigenvalue weighted by atomic mass is 10.0. The first-order valence-electron chi connectivity index (χ1n) is 10.7. The number of benzene rings is 1. The molecule has 0 radical (unpaired) electrons. The van der Waals surface area contributed by atoms with Crippen LogP contribution in [0.4, 0.5) is 19.0 Å². The van der Waals surface area contributed by atoms with Crippen LogP contribution in [0.3, 0.4) is 0 Å². The minimum atomic E-state index is -4.57. The number of carbonyl (C=O) groups excluding carboxylic acids is 1. The number of halogens is 3. The first-order chi connectivity index (χ1) is 16.4. The Balaban J connectivity index is 1.51. The van der Waals surface area contributed by atoms with E-state index in [4.69, 9.17) is 0 Å². The third-order valence-electron chi connectivity index (χ3n) is 5.30. The molecule has 0 atom stereocenters. The Bertz CT molecular complexity index is 1210. The maximum absolute atomic E-state index is 13.8. The first kappa shape index (κ1) is 23.4. The van der Waals surface area contributed by atoms with E-state index in [1.165, 1.54) is 18.3 Å². The number of aromatic nitrogens is 2. The van der Waals surface area contributed by atoms with Crippen molar-refractivity contribution in [2.24, 2.45) is 0 Å². The van der Waals surface area contributed by atoms with Crippen LogP contribution in [0.5, 0.6) is 0 Å². The predicted molar refractivity (Wildman–Crippen MR) is 122 cm³/mol. The van der Waals surface area contributed by atoms with Gasteiger partial charge in [0.1, 0.15) is 5.82 Å². The zero-order chi connectivity index (χ0) is 24.0. The number of anilines is 1. The van der Waals surface area contributed by atoms with Gasteiger partial charge in [0.15, 0.2) is 0 Å². The lowest BCUT2D eigenvalue weighted by molar-refractivity contribution is -0.138. The fourth-order valence-electron chi connectivity index (χ4n) is 3.58. The Hall–Kier alpha value is -3.74. The summed E-state index contributed by atoms with van der Waals surface area (Å²) in [6.45, 7) is 3.00. The molecule has 9 heteroatoms. The van der Waals surface area contributed by atoms with Gasteiger partial charge in [-0.05, 0) is 42.0 Å². The highest BCUT2D eigenvalue weighted by Gasteiger charge is 2.34. The summed E-state index contributed by atoms with van der Waals surface area (Å²) < 4.78 is 41.3. The van der Waals surface area contributed by atoms with Gasteiger partial charge < -0.3 is 10.6 Å². The summed E-state index contributed by atoms with van der Waals surface area (Å²) in [4.78, 5) is 22.7. The van der Waals surface area contributed by atoms with E-state index < -0.39 is 17.6 Å². The number of piperazine rings is 1.